The predicted octanol–water partition coefficient (Wildman–Crippen LogP) is 0.821. The summed E-state index contributed by atoms with van der Waals surface area (Å²) >= 11 is 0. The number of rotatable bonds is 7. The van der Waals surface area contributed by atoms with Crippen LogP contribution in [0.2, 0.25) is 0 Å². The van der Waals surface area contributed by atoms with Gasteiger partial charge in [-0.25, -0.2) is 4.79 Å². The molecule has 9 nitrogen and oxygen atoms in total. The largest absolute Gasteiger partial charge is 0.467 e. The van der Waals surface area contributed by atoms with Gasteiger partial charge in [0.2, 0.25) is 11.8 Å². The summed E-state index contributed by atoms with van der Waals surface area (Å²) in [5, 5.41) is 5.27. The minimum atomic E-state index is -1.24. The summed E-state index contributed by atoms with van der Waals surface area (Å²) in [6.07, 6.45) is 1.50. The van der Waals surface area contributed by atoms with Crippen LogP contribution < -0.4 is 10.6 Å². The van der Waals surface area contributed by atoms with Crippen molar-refractivity contribution in [2.45, 2.75) is 19.0 Å². The lowest BCUT2D eigenvalue weighted by Crippen LogP contribution is -2.45. The van der Waals surface area contributed by atoms with Crippen LogP contribution in [0.3, 0.4) is 0 Å². The van der Waals surface area contributed by atoms with Gasteiger partial charge in [-0.05, 0) is 24.6 Å². The zero-order chi connectivity index (χ0) is 21.0. The van der Waals surface area contributed by atoms with Crippen LogP contribution in [0.5, 0.6) is 0 Å². The molecule has 0 aliphatic carbocycles. The van der Waals surface area contributed by atoms with Crippen LogP contribution >= 0.6 is 0 Å². The second-order valence-corrected chi connectivity index (χ2v) is 6.92. The molecule has 1 aromatic carbocycles. The average Bonchev–Trinajstić information content (AvgIpc) is 3.30. The van der Waals surface area contributed by atoms with E-state index in [2.05, 4.69) is 10.6 Å². The first kappa shape index (κ1) is 20.1. The number of hydrogen-bond donors (Lipinski definition) is 2. The first-order valence-corrected chi connectivity index (χ1v) is 9.04. The Balaban J connectivity index is 1.57. The Morgan fingerprint density at radius 2 is 1.90 bits per heavy atom. The zero-order valence-corrected chi connectivity index (χ0v) is 16.2. The molecule has 0 radical (unpaired) electrons. The van der Waals surface area contributed by atoms with Crippen molar-refractivity contribution in [3.63, 3.8) is 0 Å². The minimum Gasteiger partial charge on any atom is -0.467 e. The number of hydrogen-bond acceptors (Lipinski definition) is 5. The Labute approximate surface area is 167 Å². The van der Waals surface area contributed by atoms with E-state index < -0.39 is 29.9 Å². The van der Waals surface area contributed by atoms with Gasteiger partial charge in [-0.1, -0.05) is 30.3 Å². The summed E-state index contributed by atoms with van der Waals surface area (Å²) in [5.41, 5.74) is -0.614. The number of likely N-dealkylation sites (N-methyl/N-ethyl adjacent to an activating group) is 1. The van der Waals surface area contributed by atoms with Crippen LogP contribution in [0.15, 0.2) is 53.1 Å². The normalized spacial score (nSPS) is 18.5. The number of furan rings is 1. The molecular weight excluding hydrogens is 376 g/mol. The van der Waals surface area contributed by atoms with Crippen molar-refractivity contribution in [2.75, 3.05) is 20.1 Å². The van der Waals surface area contributed by atoms with Gasteiger partial charge in [0, 0.05) is 7.05 Å². The number of amides is 5. The van der Waals surface area contributed by atoms with Crippen LogP contribution in [0, 0.1) is 0 Å². The number of urea groups is 1. The Kier molecular flexibility index (Phi) is 5.67. The molecule has 29 heavy (non-hydrogen) atoms. The summed E-state index contributed by atoms with van der Waals surface area (Å²) in [7, 11) is 1.43. The van der Waals surface area contributed by atoms with Gasteiger partial charge in [-0.15, -0.1) is 0 Å². The number of carbonyl (C=O) groups is 4. The maximum atomic E-state index is 12.8. The first-order chi connectivity index (χ1) is 13.8. The van der Waals surface area contributed by atoms with Gasteiger partial charge < -0.3 is 20.0 Å². The van der Waals surface area contributed by atoms with Gasteiger partial charge in [0.25, 0.3) is 5.91 Å². The van der Waals surface area contributed by atoms with E-state index in [1.165, 1.54) is 13.3 Å². The summed E-state index contributed by atoms with van der Waals surface area (Å²) in [6.45, 7) is 1.14. The first-order valence-electron chi connectivity index (χ1n) is 9.04. The molecule has 1 aromatic heterocycles. The van der Waals surface area contributed by atoms with E-state index in [1.54, 1.807) is 49.4 Å². The molecule has 0 unspecified atom stereocenters. The van der Waals surface area contributed by atoms with E-state index in [4.69, 9.17) is 4.42 Å². The van der Waals surface area contributed by atoms with Crippen LogP contribution in [-0.4, -0.2) is 53.7 Å². The third-order valence-electron chi connectivity index (χ3n) is 4.77. The molecule has 1 aliphatic heterocycles. The zero-order valence-electron chi connectivity index (χ0n) is 16.2. The summed E-state index contributed by atoms with van der Waals surface area (Å²) < 4.78 is 5.12. The number of nitrogens with zero attached hydrogens (tertiary/aromatic N) is 2. The molecule has 3 rings (SSSR count). The van der Waals surface area contributed by atoms with Gasteiger partial charge >= 0.3 is 6.03 Å². The van der Waals surface area contributed by atoms with Gasteiger partial charge in [-0.2, -0.15) is 0 Å². The predicted molar refractivity (Wildman–Crippen MR) is 102 cm³/mol. The lowest BCUT2D eigenvalue weighted by molar-refractivity contribution is -0.139. The Morgan fingerprint density at radius 3 is 2.55 bits per heavy atom. The topological polar surface area (TPSA) is 112 Å². The Morgan fingerprint density at radius 1 is 1.17 bits per heavy atom. The molecule has 2 heterocycles. The highest BCUT2D eigenvalue weighted by molar-refractivity contribution is 6.09. The number of imide groups is 1. The maximum absolute atomic E-state index is 12.8. The molecular formula is C20H22N4O5. The van der Waals surface area contributed by atoms with E-state index in [-0.39, 0.29) is 19.0 Å². The van der Waals surface area contributed by atoms with E-state index in [9.17, 15) is 19.2 Å². The lowest BCUT2D eigenvalue weighted by Gasteiger charge is -2.23. The third kappa shape index (κ3) is 4.29. The molecule has 1 atom stereocenters. The Bertz CT molecular complexity index is 912. The van der Waals surface area contributed by atoms with E-state index >= 15 is 0 Å². The van der Waals surface area contributed by atoms with Crippen molar-refractivity contribution in [3.8, 4) is 0 Å². The number of benzene rings is 1. The fourth-order valence-electron chi connectivity index (χ4n) is 3.02. The van der Waals surface area contributed by atoms with E-state index in [0.29, 0.717) is 11.3 Å². The summed E-state index contributed by atoms with van der Waals surface area (Å²) in [4.78, 5) is 51.6. The SMILES string of the molecule is CN(CC(=O)NCc1ccco1)C(=O)CN1C(=O)N[C@@](C)(c2ccccc2)C1=O. The Hall–Kier alpha value is -3.62. The van der Waals surface area contributed by atoms with Gasteiger partial charge in [-0.3, -0.25) is 19.3 Å². The molecule has 152 valence electrons. The van der Waals surface area contributed by atoms with Crippen LogP contribution in [0.1, 0.15) is 18.2 Å². The molecule has 2 N–H and O–H groups in total. The summed E-state index contributed by atoms with van der Waals surface area (Å²) in [5.74, 6) is -0.841. The number of nitrogens with one attached hydrogen (secondary N) is 2. The molecule has 1 fully saturated rings. The highest BCUT2D eigenvalue weighted by atomic mass is 16.3. The average molecular weight is 398 g/mol. The highest BCUT2D eigenvalue weighted by Crippen LogP contribution is 2.28. The quantitative estimate of drug-likeness (QED) is 0.671. The maximum Gasteiger partial charge on any atom is 0.325 e. The molecule has 0 bridgehead atoms. The fraction of sp³-hybridized carbons (Fsp3) is 0.300. The van der Waals surface area contributed by atoms with Crippen LogP contribution in [0.25, 0.3) is 0 Å². The smallest absolute Gasteiger partial charge is 0.325 e. The third-order valence-corrected chi connectivity index (χ3v) is 4.77. The molecule has 1 saturated heterocycles. The fourth-order valence-corrected chi connectivity index (χ4v) is 3.02. The van der Waals surface area contributed by atoms with Gasteiger partial charge in [0.15, 0.2) is 0 Å². The molecule has 9 heteroatoms. The van der Waals surface area contributed by atoms with Gasteiger partial charge in [0.05, 0.1) is 19.4 Å². The van der Waals surface area contributed by atoms with Crippen molar-refractivity contribution in [1.29, 1.82) is 0 Å². The van der Waals surface area contributed by atoms with Crippen molar-refractivity contribution in [2.24, 2.45) is 0 Å². The summed E-state index contributed by atoms with van der Waals surface area (Å²) in [6, 6.07) is 11.6. The number of carbonyl (C=O) groups excluding carboxylic acids is 4. The molecule has 0 spiro atoms. The minimum absolute atomic E-state index is 0.205. The lowest BCUT2D eigenvalue weighted by atomic mass is 9.92. The highest BCUT2D eigenvalue weighted by Gasteiger charge is 2.49. The second-order valence-electron chi connectivity index (χ2n) is 6.92. The van der Waals surface area contributed by atoms with Gasteiger partial charge in [0.1, 0.15) is 17.8 Å². The standard InChI is InChI=1S/C20H22N4O5/c1-20(14-7-4-3-5-8-14)18(27)24(19(28)22-20)13-17(26)23(2)12-16(25)21-11-15-9-6-10-29-15/h3-10H,11-13H2,1-2H3,(H,21,25)(H,22,28)/t20-/m0/s1. The van der Waals surface area contributed by atoms with Crippen LogP contribution in [0.4, 0.5) is 4.79 Å². The molecule has 1 aliphatic rings. The van der Waals surface area contributed by atoms with Crippen molar-refractivity contribution < 1.29 is 23.6 Å². The monoisotopic (exact) mass is 398 g/mol. The van der Waals surface area contributed by atoms with Crippen molar-refractivity contribution in [3.05, 3.63) is 60.1 Å². The van der Waals surface area contributed by atoms with Crippen LogP contribution in [-0.2, 0) is 26.5 Å². The van der Waals surface area contributed by atoms with Crippen molar-refractivity contribution >= 4 is 23.8 Å². The molecule has 2 aromatic rings. The molecule has 5 amide bonds. The second kappa shape index (κ2) is 8.17. The van der Waals surface area contributed by atoms with Crippen molar-refractivity contribution in [1.82, 2.24) is 20.4 Å². The molecule has 0 saturated carbocycles. The van der Waals surface area contributed by atoms with E-state index in [0.717, 1.165) is 9.80 Å². The van der Waals surface area contributed by atoms with E-state index in [1.807, 2.05) is 0 Å².